The monoisotopic (exact) mass is 254 g/mol. The van der Waals surface area contributed by atoms with E-state index in [1.165, 1.54) is 13.8 Å². The summed E-state index contributed by atoms with van der Waals surface area (Å²) in [4.78, 5) is 17.9. The van der Waals surface area contributed by atoms with Crippen LogP contribution in [-0.4, -0.2) is 9.97 Å². The summed E-state index contributed by atoms with van der Waals surface area (Å²) in [6.07, 6.45) is 0. The van der Waals surface area contributed by atoms with Gasteiger partial charge in [-0.05, 0) is 19.9 Å². The molecule has 2 aromatic rings. The minimum absolute atomic E-state index is 0.00708. The predicted octanol–water partition coefficient (Wildman–Crippen LogP) is 2.47. The molecule has 0 unspecified atom stereocenters. The number of nitrogens with zero attached hydrogens (tertiary/aromatic N) is 1. The summed E-state index contributed by atoms with van der Waals surface area (Å²) in [5.74, 6) is -3.17. The highest BCUT2D eigenvalue weighted by Gasteiger charge is 2.16. The van der Waals surface area contributed by atoms with Crippen LogP contribution >= 0.6 is 0 Å². The van der Waals surface area contributed by atoms with Crippen molar-refractivity contribution in [2.45, 2.75) is 13.8 Å². The van der Waals surface area contributed by atoms with Gasteiger partial charge < -0.3 is 4.98 Å². The summed E-state index contributed by atoms with van der Waals surface area (Å²) in [5.41, 5.74) is -0.527. The lowest BCUT2D eigenvalue weighted by molar-refractivity contribution is 0.496. The second-order valence-corrected chi connectivity index (χ2v) is 3.87. The van der Waals surface area contributed by atoms with Gasteiger partial charge in [0.05, 0.1) is 5.69 Å². The molecule has 1 heterocycles. The lowest BCUT2D eigenvalue weighted by atomic mass is 10.1. The van der Waals surface area contributed by atoms with Gasteiger partial charge in [0, 0.05) is 17.2 Å². The first kappa shape index (κ1) is 12.3. The standard InChI is InChI=1S/C12H9F3N2O/c1-5-11(16-6(2)17-12(5)18)7-3-9(14)10(15)4-8(7)13/h3-4H,1-2H3,(H,16,17,18). The van der Waals surface area contributed by atoms with Crippen LogP contribution < -0.4 is 5.56 Å². The van der Waals surface area contributed by atoms with E-state index in [0.29, 0.717) is 12.1 Å². The Kier molecular flexibility index (Phi) is 2.94. The Morgan fingerprint density at radius 3 is 2.33 bits per heavy atom. The number of hydrogen-bond donors (Lipinski definition) is 1. The third kappa shape index (κ3) is 2.01. The summed E-state index contributed by atoms with van der Waals surface area (Å²) in [6, 6.07) is 1.13. The Hall–Kier alpha value is -2.11. The van der Waals surface area contributed by atoms with Crippen LogP contribution in [0.1, 0.15) is 11.4 Å². The molecule has 0 saturated carbocycles. The van der Waals surface area contributed by atoms with Crippen LogP contribution in [0.4, 0.5) is 13.2 Å². The molecule has 0 aliphatic rings. The number of rotatable bonds is 1. The molecule has 0 radical (unpaired) electrons. The molecular formula is C12H9F3N2O. The normalized spacial score (nSPS) is 10.7. The third-order valence-electron chi connectivity index (χ3n) is 2.53. The van der Waals surface area contributed by atoms with Crippen LogP contribution in [0.5, 0.6) is 0 Å². The predicted molar refractivity (Wildman–Crippen MR) is 59.6 cm³/mol. The van der Waals surface area contributed by atoms with Crippen molar-refractivity contribution in [3.05, 3.63) is 51.3 Å². The molecule has 94 valence electrons. The van der Waals surface area contributed by atoms with Crippen molar-refractivity contribution < 1.29 is 13.2 Å². The van der Waals surface area contributed by atoms with E-state index in [4.69, 9.17) is 0 Å². The maximum Gasteiger partial charge on any atom is 0.254 e. The van der Waals surface area contributed by atoms with E-state index in [-0.39, 0.29) is 22.6 Å². The molecule has 0 aliphatic heterocycles. The zero-order chi connectivity index (χ0) is 13.4. The Morgan fingerprint density at radius 2 is 1.67 bits per heavy atom. The second-order valence-electron chi connectivity index (χ2n) is 3.87. The molecule has 0 amide bonds. The first-order chi connectivity index (χ1) is 8.40. The van der Waals surface area contributed by atoms with Gasteiger partial charge in [-0.25, -0.2) is 18.2 Å². The molecule has 18 heavy (non-hydrogen) atoms. The van der Waals surface area contributed by atoms with E-state index in [9.17, 15) is 18.0 Å². The molecule has 3 nitrogen and oxygen atoms in total. The summed E-state index contributed by atoms with van der Waals surface area (Å²) in [7, 11) is 0. The third-order valence-corrected chi connectivity index (χ3v) is 2.53. The first-order valence-corrected chi connectivity index (χ1v) is 5.12. The molecular weight excluding hydrogens is 245 g/mol. The van der Waals surface area contributed by atoms with Crippen molar-refractivity contribution in [2.75, 3.05) is 0 Å². The van der Waals surface area contributed by atoms with E-state index < -0.39 is 23.0 Å². The van der Waals surface area contributed by atoms with Crippen molar-refractivity contribution in [1.82, 2.24) is 9.97 Å². The molecule has 1 aromatic heterocycles. The smallest absolute Gasteiger partial charge is 0.254 e. The number of aromatic amines is 1. The van der Waals surface area contributed by atoms with Gasteiger partial charge in [-0.1, -0.05) is 0 Å². The van der Waals surface area contributed by atoms with Crippen molar-refractivity contribution in [2.24, 2.45) is 0 Å². The maximum absolute atomic E-state index is 13.6. The minimum Gasteiger partial charge on any atom is -0.311 e. The zero-order valence-corrected chi connectivity index (χ0v) is 9.64. The van der Waals surface area contributed by atoms with Gasteiger partial charge in [-0.2, -0.15) is 0 Å². The Morgan fingerprint density at radius 1 is 1.06 bits per heavy atom. The van der Waals surface area contributed by atoms with Crippen LogP contribution in [-0.2, 0) is 0 Å². The first-order valence-electron chi connectivity index (χ1n) is 5.12. The molecule has 0 atom stereocenters. The quantitative estimate of drug-likeness (QED) is 0.794. The largest absolute Gasteiger partial charge is 0.311 e. The molecule has 0 saturated heterocycles. The molecule has 1 aromatic carbocycles. The molecule has 0 spiro atoms. The highest BCUT2D eigenvalue weighted by molar-refractivity contribution is 5.63. The van der Waals surface area contributed by atoms with Crippen LogP contribution in [0, 0.1) is 31.3 Å². The highest BCUT2D eigenvalue weighted by Crippen LogP contribution is 2.24. The minimum atomic E-state index is -1.28. The summed E-state index contributed by atoms with van der Waals surface area (Å²) < 4.78 is 39.6. The van der Waals surface area contributed by atoms with Crippen LogP contribution in [0.15, 0.2) is 16.9 Å². The Bertz CT molecular complexity index is 680. The SMILES string of the molecule is Cc1nc(-c2cc(F)c(F)cc2F)c(C)c(=O)[nH]1. The van der Waals surface area contributed by atoms with E-state index in [1.54, 1.807) is 0 Å². The number of nitrogens with one attached hydrogen (secondary N) is 1. The average molecular weight is 254 g/mol. The van der Waals surface area contributed by atoms with E-state index in [2.05, 4.69) is 9.97 Å². The fourth-order valence-electron chi connectivity index (χ4n) is 1.61. The van der Waals surface area contributed by atoms with Gasteiger partial charge in [0.25, 0.3) is 5.56 Å². The Balaban J connectivity index is 2.77. The van der Waals surface area contributed by atoms with Crippen molar-refractivity contribution in [1.29, 1.82) is 0 Å². The molecule has 0 fully saturated rings. The van der Waals surface area contributed by atoms with E-state index >= 15 is 0 Å². The van der Waals surface area contributed by atoms with Gasteiger partial charge >= 0.3 is 0 Å². The number of benzene rings is 1. The van der Waals surface area contributed by atoms with Gasteiger partial charge in [-0.3, -0.25) is 4.79 Å². The molecule has 0 aliphatic carbocycles. The van der Waals surface area contributed by atoms with Gasteiger partial charge in [0.15, 0.2) is 11.6 Å². The zero-order valence-electron chi connectivity index (χ0n) is 9.64. The fraction of sp³-hybridized carbons (Fsp3) is 0.167. The van der Waals surface area contributed by atoms with Crippen molar-refractivity contribution in [3.63, 3.8) is 0 Å². The molecule has 0 bridgehead atoms. The van der Waals surface area contributed by atoms with E-state index in [1.807, 2.05) is 0 Å². The Labute approximate surface area is 100 Å². The summed E-state index contributed by atoms with van der Waals surface area (Å²) in [6.45, 7) is 2.95. The van der Waals surface area contributed by atoms with Crippen LogP contribution in [0.2, 0.25) is 0 Å². The van der Waals surface area contributed by atoms with Gasteiger partial charge in [0.2, 0.25) is 0 Å². The molecule has 6 heteroatoms. The highest BCUT2D eigenvalue weighted by atomic mass is 19.2. The van der Waals surface area contributed by atoms with Gasteiger partial charge in [0.1, 0.15) is 11.6 Å². The van der Waals surface area contributed by atoms with Crippen molar-refractivity contribution in [3.8, 4) is 11.3 Å². The van der Waals surface area contributed by atoms with Crippen LogP contribution in [0.3, 0.4) is 0 Å². The number of aromatic nitrogens is 2. The number of aryl methyl sites for hydroxylation is 1. The summed E-state index contributed by atoms with van der Waals surface area (Å²) in [5, 5.41) is 0. The lowest BCUT2D eigenvalue weighted by Crippen LogP contribution is -2.14. The summed E-state index contributed by atoms with van der Waals surface area (Å²) >= 11 is 0. The maximum atomic E-state index is 13.6. The number of halogens is 3. The number of H-pyrrole nitrogens is 1. The molecule has 2 rings (SSSR count). The second kappa shape index (κ2) is 4.29. The van der Waals surface area contributed by atoms with Crippen molar-refractivity contribution >= 4 is 0 Å². The lowest BCUT2D eigenvalue weighted by Gasteiger charge is -2.07. The fourth-order valence-corrected chi connectivity index (χ4v) is 1.61. The average Bonchev–Trinajstić information content (AvgIpc) is 2.29. The number of hydrogen-bond acceptors (Lipinski definition) is 2. The topological polar surface area (TPSA) is 45.8 Å². The van der Waals surface area contributed by atoms with Crippen LogP contribution in [0.25, 0.3) is 11.3 Å². The molecule has 1 N–H and O–H groups in total. The van der Waals surface area contributed by atoms with Gasteiger partial charge in [-0.15, -0.1) is 0 Å². The van der Waals surface area contributed by atoms with E-state index in [0.717, 1.165) is 0 Å².